The largest absolute Gasteiger partial charge is 0.409 e. The van der Waals surface area contributed by atoms with Crippen LogP contribution in [0.25, 0.3) is 0 Å². The van der Waals surface area contributed by atoms with Crippen molar-refractivity contribution in [1.29, 1.82) is 0 Å². The number of rotatable bonds is 4. The summed E-state index contributed by atoms with van der Waals surface area (Å²) in [6.45, 7) is 7.75. The maximum Gasteiger partial charge on any atom is 0.170 e. The summed E-state index contributed by atoms with van der Waals surface area (Å²) < 4.78 is 0. The summed E-state index contributed by atoms with van der Waals surface area (Å²) in [5, 5.41) is 11.7. The Morgan fingerprint density at radius 2 is 2.32 bits per heavy atom. The molecule has 0 amide bonds. The molecule has 1 heterocycles. The van der Waals surface area contributed by atoms with Crippen LogP contribution in [0.4, 0.5) is 0 Å². The minimum Gasteiger partial charge on any atom is -0.409 e. The molecular weight excluding hydrogens is 238 g/mol. The van der Waals surface area contributed by atoms with Gasteiger partial charge in [-0.2, -0.15) is 0 Å². The van der Waals surface area contributed by atoms with Crippen LogP contribution in [0.15, 0.2) is 23.4 Å². The minimum absolute atomic E-state index is 0.168. The molecule has 0 radical (unpaired) electrons. The first kappa shape index (κ1) is 13.9. The molecule has 0 spiro atoms. The highest BCUT2D eigenvalue weighted by molar-refractivity contribution is 5.97. The van der Waals surface area contributed by atoms with Crippen LogP contribution >= 0.6 is 0 Å². The van der Waals surface area contributed by atoms with Crippen molar-refractivity contribution in [1.82, 2.24) is 4.90 Å². The van der Waals surface area contributed by atoms with Gasteiger partial charge in [-0.25, -0.2) is 0 Å². The molecule has 1 aromatic carbocycles. The van der Waals surface area contributed by atoms with Gasteiger partial charge in [0.25, 0.3) is 0 Å². The van der Waals surface area contributed by atoms with Gasteiger partial charge in [0.05, 0.1) is 0 Å². The van der Waals surface area contributed by atoms with E-state index in [2.05, 4.69) is 30.0 Å². The maximum absolute atomic E-state index is 8.69. The topological polar surface area (TPSA) is 61.8 Å². The second-order valence-electron chi connectivity index (χ2n) is 5.42. The van der Waals surface area contributed by atoms with Crippen molar-refractivity contribution in [3.63, 3.8) is 0 Å². The van der Waals surface area contributed by atoms with E-state index in [4.69, 9.17) is 10.9 Å². The van der Waals surface area contributed by atoms with Crippen molar-refractivity contribution in [3.8, 4) is 0 Å². The monoisotopic (exact) mass is 261 g/mol. The third-order valence-electron chi connectivity index (χ3n) is 4.09. The highest BCUT2D eigenvalue weighted by atomic mass is 16.4. The van der Waals surface area contributed by atoms with Crippen molar-refractivity contribution in [3.05, 3.63) is 34.9 Å². The number of oxime groups is 1. The lowest BCUT2D eigenvalue weighted by Crippen LogP contribution is -2.21. The van der Waals surface area contributed by atoms with Crippen LogP contribution < -0.4 is 5.73 Å². The van der Waals surface area contributed by atoms with Gasteiger partial charge in [0, 0.05) is 18.7 Å². The smallest absolute Gasteiger partial charge is 0.170 e. The number of benzene rings is 1. The second kappa shape index (κ2) is 6.06. The van der Waals surface area contributed by atoms with Crippen molar-refractivity contribution in [2.24, 2.45) is 16.8 Å². The first-order valence-corrected chi connectivity index (χ1v) is 6.93. The molecule has 0 bridgehead atoms. The van der Waals surface area contributed by atoms with Crippen molar-refractivity contribution in [2.75, 3.05) is 13.1 Å². The highest BCUT2D eigenvalue weighted by Crippen LogP contribution is 2.22. The van der Waals surface area contributed by atoms with Crippen LogP contribution in [0.1, 0.15) is 36.5 Å². The van der Waals surface area contributed by atoms with E-state index in [0.717, 1.165) is 18.0 Å². The quantitative estimate of drug-likeness (QED) is 0.378. The predicted molar refractivity (Wildman–Crippen MR) is 77.4 cm³/mol. The third kappa shape index (κ3) is 3.26. The molecule has 4 nitrogen and oxygen atoms in total. The van der Waals surface area contributed by atoms with Crippen LogP contribution in [0.5, 0.6) is 0 Å². The Morgan fingerprint density at radius 1 is 1.53 bits per heavy atom. The Bertz CT molecular complexity index is 470. The Kier molecular flexibility index (Phi) is 4.43. The van der Waals surface area contributed by atoms with Crippen LogP contribution in [0.3, 0.4) is 0 Å². The molecule has 2 rings (SSSR count). The van der Waals surface area contributed by atoms with E-state index in [1.165, 1.54) is 37.1 Å². The van der Waals surface area contributed by atoms with Gasteiger partial charge in [-0.05, 0) is 43.0 Å². The zero-order valence-corrected chi connectivity index (χ0v) is 11.8. The lowest BCUT2D eigenvalue weighted by molar-refractivity contribution is 0.314. The number of nitrogens with two attached hydrogens (primary N) is 1. The fourth-order valence-electron chi connectivity index (χ4n) is 2.72. The first-order chi connectivity index (χ1) is 9.13. The summed E-state index contributed by atoms with van der Waals surface area (Å²) >= 11 is 0. The number of amidine groups is 1. The lowest BCUT2D eigenvalue weighted by atomic mass is 10.0. The molecule has 0 saturated carbocycles. The van der Waals surface area contributed by atoms with Crippen molar-refractivity contribution in [2.45, 2.75) is 33.2 Å². The standard InChI is InChI=1S/C15H23N3O/c1-3-12-6-7-18(9-12)10-14-5-4-13(8-11(14)2)15(16)17-19/h4-5,8,12,19H,3,6-7,9-10H2,1-2H3,(H2,16,17). The molecule has 3 N–H and O–H groups in total. The Balaban J connectivity index is 2.06. The summed E-state index contributed by atoms with van der Waals surface area (Å²) in [4.78, 5) is 2.51. The van der Waals surface area contributed by atoms with Gasteiger partial charge in [-0.3, -0.25) is 4.90 Å². The normalized spacial score (nSPS) is 20.9. The number of hydrogen-bond acceptors (Lipinski definition) is 3. The van der Waals surface area contributed by atoms with Crippen LogP contribution in [0, 0.1) is 12.8 Å². The fraction of sp³-hybridized carbons (Fsp3) is 0.533. The van der Waals surface area contributed by atoms with Gasteiger partial charge in [0.1, 0.15) is 0 Å². The number of aryl methyl sites for hydroxylation is 1. The molecule has 4 heteroatoms. The highest BCUT2D eigenvalue weighted by Gasteiger charge is 2.21. The molecule has 19 heavy (non-hydrogen) atoms. The van der Waals surface area contributed by atoms with E-state index >= 15 is 0 Å². The number of likely N-dealkylation sites (tertiary alicyclic amines) is 1. The molecule has 1 aliphatic rings. The lowest BCUT2D eigenvalue weighted by Gasteiger charge is -2.17. The van der Waals surface area contributed by atoms with E-state index < -0.39 is 0 Å². The molecule has 0 aliphatic carbocycles. The van der Waals surface area contributed by atoms with Gasteiger partial charge in [0.2, 0.25) is 0 Å². The first-order valence-electron chi connectivity index (χ1n) is 6.93. The van der Waals surface area contributed by atoms with E-state index in [1.54, 1.807) is 0 Å². The summed E-state index contributed by atoms with van der Waals surface area (Å²) in [6, 6.07) is 5.99. The summed E-state index contributed by atoms with van der Waals surface area (Å²) in [6.07, 6.45) is 2.59. The average molecular weight is 261 g/mol. The van der Waals surface area contributed by atoms with Gasteiger partial charge in [-0.1, -0.05) is 30.6 Å². The molecule has 0 aromatic heterocycles. The Hall–Kier alpha value is -1.55. The average Bonchev–Trinajstić information content (AvgIpc) is 2.88. The summed E-state index contributed by atoms with van der Waals surface area (Å²) in [5.74, 6) is 1.03. The van der Waals surface area contributed by atoms with Gasteiger partial charge in [0.15, 0.2) is 5.84 Å². The fourth-order valence-corrected chi connectivity index (χ4v) is 2.72. The maximum atomic E-state index is 8.69. The van der Waals surface area contributed by atoms with Crippen LogP contribution in [-0.2, 0) is 6.54 Å². The molecule has 1 aromatic rings. The molecule has 1 saturated heterocycles. The molecule has 1 fully saturated rings. The molecule has 1 aliphatic heterocycles. The Labute approximate surface area is 114 Å². The van der Waals surface area contributed by atoms with E-state index in [0.29, 0.717) is 0 Å². The second-order valence-corrected chi connectivity index (χ2v) is 5.42. The minimum atomic E-state index is 0.168. The van der Waals surface area contributed by atoms with Gasteiger partial charge < -0.3 is 10.9 Å². The van der Waals surface area contributed by atoms with Crippen LogP contribution in [0.2, 0.25) is 0 Å². The van der Waals surface area contributed by atoms with E-state index in [9.17, 15) is 0 Å². The van der Waals surface area contributed by atoms with Crippen molar-refractivity contribution < 1.29 is 5.21 Å². The number of hydrogen-bond donors (Lipinski definition) is 2. The SMILES string of the molecule is CCC1CCN(Cc2ccc(/C(N)=N/O)cc2C)C1. The van der Waals surface area contributed by atoms with Crippen LogP contribution in [-0.4, -0.2) is 29.0 Å². The van der Waals surface area contributed by atoms with Gasteiger partial charge >= 0.3 is 0 Å². The third-order valence-corrected chi connectivity index (χ3v) is 4.09. The molecule has 104 valence electrons. The van der Waals surface area contributed by atoms with Crippen molar-refractivity contribution >= 4 is 5.84 Å². The van der Waals surface area contributed by atoms with Gasteiger partial charge in [-0.15, -0.1) is 0 Å². The summed E-state index contributed by atoms with van der Waals surface area (Å²) in [5.41, 5.74) is 8.90. The molecule has 1 unspecified atom stereocenters. The Morgan fingerprint density at radius 3 is 2.89 bits per heavy atom. The van der Waals surface area contributed by atoms with E-state index in [-0.39, 0.29) is 5.84 Å². The number of nitrogens with zero attached hydrogens (tertiary/aromatic N) is 2. The summed E-state index contributed by atoms with van der Waals surface area (Å²) in [7, 11) is 0. The molecular formula is C15H23N3O. The zero-order valence-electron chi connectivity index (χ0n) is 11.8. The molecule has 1 atom stereocenters. The van der Waals surface area contributed by atoms with E-state index in [1.807, 2.05) is 12.1 Å². The predicted octanol–water partition coefficient (Wildman–Crippen LogP) is 2.32. The zero-order chi connectivity index (χ0) is 13.8.